The predicted octanol–water partition coefficient (Wildman–Crippen LogP) is 3.43. The predicted molar refractivity (Wildman–Crippen MR) is 76.3 cm³/mol. The number of benzene rings is 2. The lowest BCUT2D eigenvalue weighted by Crippen LogP contribution is -2.08. The van der Waals surface area contributed by atoms with Crippen LogP contribution in [0.25, 0.3) is 0 Å². The van der Waals surface area contributed by atoms with Crippen LogP contribution in [0.3, 0.4) is 0 Å². The fraction of sp³-hybridized carbons (Fsp3) is 0.250. The lowest BCUT2D eigenvalue weighted by molar-refractivity contribution is 0.300. The number of methoxy groups -OCH3 is 1. The van der Waals surface area contributed by atoms with E-state index in [4.69, 9.17) is 15.2 Å². The van der Waals surface area contributed by atoms with Crippen molar-refractivity contribution in [2.75, 3.05) is 7.11 Å². The highest BCUT2D eigenvalue weighted by atomic mass is 19.1. The van der Waals surface area contributed by atoms with E-state index < -0.39 is 0 Å². The van der Waals surface area contributed by atoms with Crippen LogP contribution in [-0.4, -0.2) is 7.11 Å². The Hall–Kier alpha value is -2.07. The monoisotopic (exact) mass is 275 g/mol. The van der Waals surface area contributed by atoms with Gasteiger partial charge in [-0.3, -0.25) is 0 Å². The maximum absolute atomic E-state index is 13.2. The largest absolute Gasteiger partial charge is 0.497 e. The summed E-state index contributed by atoms with van der Waals surface area (Å²) in [6.45, 7) is 2.20. The summed E-state index contributed by atoms with van der Waals surface area (Å²) in [5, 5.41) is 0. The third kappa shape index (κ3) is 3.48. The van der Waals surface area contributed by atoms with Crippen LogP contribution in [0.5, 0.6) is 11.5 Å². The van der Waals surface area contributed by atoms with Crippen molar-refractivity contribution in [2.24, 2.45) is 5.73 Å². The van der Waals surface area contributed by atoms with E-state index >= 15 is 0 Å². The summed E-state index contributed by atoms with van der Waals surface area (Å²) in [6.07, 6.45) is 0. The molecule has 0 heterocycles. The van der Waals surface area contributed by atoms with E-state index in [2.05, 4.69) is 0 Å². The molecule has 0 unspecified atom stereocenters. The summed E-state index contributed by atoms with van der Waals surface area (Å²) in [5.41, 5.74) is 7.50. The first-order chi connectivity index (χ1) is 9.60. The molecule has 0 spiro atoms. The first-order valence-electron chi connectivity index (χ1n) is 6.41. The van der Waals surface area contributed by atoms with Crippen molar-refractivity contribution in [1.82, 2.24) is 0 Å². The van der Waals surface area contributed by atoms with E-state index in [1.165, 1.54) is 12.1 Å². The molecule has 106 valence electrons. The molecular formula is C16H18FNO2. The van der Waals surface area contributed by atoms with Crippen molar-refractivity contribution in [1.29, 1.82) is 0 Å². The van der Waals surface area contributed by atoms with E-state index in [0.29, 0.717) is 17.9 Å². The molecule has 0 aliphatic rings. The fourth-order valence-corrected chi connectivity index (χ4v) is 1.89. The summed E-state index contributed by atoms with van der Waals surface area (Å²) in [5.74, 6) is 1.10. The molecule has 0 bridgehead atoms. The Morgan fingerprint density at radius 3 is 2.45 bits per heavy atom. The van der Waals surface area contributed by atoms with E-state index in [0.717, 1.165) is 11.3 Å². The van der Waals surface area contributed by atoms with Gasteiger partial charge in [0, 0.05) is 11.6 Å². The molecule has 0 radical (unpaired) electrons. The Balaban J connectivity index is 2.10. The zero-order valence-corrected chi connectivity index (χ0v) is 11.6. The molecule has 2 N–H and O–H groups in total. The minimum absolute atomic E-state index is 0.281. The highest BCUT2D eigenvalue weighted by Crippen LogP contribution is 2.25. The van der Waals surface area contributed by atoms with Crippen molar-refractivity contribution in [3.8, 4) is 11.5 Å². The van der Waals surface area contributed by atoms with Crippen molar-refractivity contribution < 1.29 is 13.9 Å². The molecule has 2 aromatic rings. The molecule has 2 aromatic carbocycles. The maximum atomic E-state index is 13.2. The van der Waals surface area contributed by atoms with Gasteiger partial charge >= 0.3 is 0 Å². The highest BCUT2D eigenvalue weighted by molar-refractivity contribution is 5.36. The zero-order valence-electron chi connectivity index (χ0n) is 11.6. The van der Waals surface area contributed by atoms with Gasteiger partial charge in [-0.2, -0.15) is 0 Å². The van der Waals surface area contributed by atoms with Gasteiger partial charge in [0.2, 0.25) is 0 Å². The second kappa shape index (κ2) is 6.39. The molecule has 3 nitrogen and oxygen atoms in total. The molecule has 20 heavy (non-hydrogen) atoms. The molecular weight excluding hydrogens is 257 g/mol. The summed E-state index contributed by atoms with van der Waals surface area (Å²) >= 11 is 0. The van der Waals surface area contributed by atoms with Crippen LogP contribution >= 0.6 is 0 Å². The van der Waals surface area contributed by atoms with E-state index in [-0.39, 0.29) is 11.9 Å². The Kier molecular flexibility index (Phi) is 4.58. The van der Waals surface area contributed by atoms with Crippen LogP contribution in [0.15, 0.2) is 42.5 Å². The summed E-state index contributed by atoms with van der Waals surface area (Å²) in [7, 11) is 1.62. The van der Waals surface area contributed by atoms with Gasteiger partial charge in [-0.15, -0.1) is 0 Å². The average Bonchev–Trinajstić information content (AvgIpc) is 2.46. The van der Waals surface area contributed by atoms with Crippen molar-refractivity contribution >= 4 is 0 Å². The molecule has 2 rings (SSSR count). The van der Waals surface area contributed by atoms with Crippen LogP contribution in [0.4, 0.5) is 4.39 Å². The number of hydrogen-bond acceptors (Lipinski definition) is 3. The Morgan fingerprint density at radius 2 is 1.85 bits per heavy atom. The Bertz CT molecular complexity index is 567. The number of halogens is 1. The van der Waals surface area contributed by atoms with Crippen LogP contribution in [-0.2, 0) is 6.61 Å². The van der Waals surface area contributed by atoms with Crippen LogP contribution in [0.2, 0.25) is 0 Å². The second-order valence-electron chi connectivity index (χ2n) is 4.61. The van der Waals surface area contributed by atoms with Crippen molar-refractivity contribution in [3.05, 3.63) is 59.4 Å². The molecule has 0 aromatic heterocycles. The van der Waals surface area contributed by atoms with Gasteiger partial charge in [0.1, 0.15) is 23.9 Å². The third-order valence-corrected chi connectivity index (χ3v) is 3.02. The summed E-state index contributed by atoms with van der Waals surface area (Å²) < 4.78 is 24.1. The highest BCUT2D eigenvalue weighted by Gasteiger charge is 2.09. The topological polar surface area (TPSA) is 44.5 Å². The van der Waals surface area contributed by atoms with Gasteiger partial charge in [-0.25, -0.2) is 4.39 Å². The van der Waals surface area contributed by atoms with Gasteiger partial charge in [-0.1, -0.05) is 12.1 Å². The molecule has 0 amide bonds. The molecule has 0 aliphatic carbocycles. The van der Waals surface area contributed by atoms with Gasteiger partial charge in [-0.05, 0) is 42.8 Å². The zero-order chi connectivity index (χ0) is 14.5. The maximum Gasteiger partial charge on any atom is 0.124 e. The third-order valence-electron chi connectivity index (χ3n) is 3.02. The Labute approximate surface area is 118 Å². The summed E-state index contributed by atoms with van der Waals surface area (Å²) in [4.78, 5) is 0. The minimum atomic E-state index is -0.311. The van der Waals surface area contributed by atoms with E-state index in [1.807, 2.05) is 24.3 Å². The standard InChI is InChI=1S/C16H18FNO2/c1-11(18)15-9-13(17)5-8-16(15)20-10-12-3-6-14(19-2)7-4-12/h3-9,11H,10,18H2,1-2H3/t11-/m0/s1. The first-order valence-corrected chi connectivity index (χ1v) is 6.41. The fourth-order valence-electron chi connectivity index (χ4n) is 1.89. The molecule has 0 saturated carbocycles. The number of ether oxygens (including phenoxy) is 2. The van der Waals surface area contributed by atoms with Crippen LogP contribution < -0.4 is 15.2 Å². The number of rotatable bonds is 5. The SMILES string of the molecule is COc1ccc(COc2ccc(F)cc2[C@H](C)N)cc1. The molecule has 4 heteroatoms. The van der Waals surface area contributed by atoms with Gasteiger partial charge < -0.3 is 15.2 Å². The lowest BCUT2D eigenvalue weighted by Gasteiger charge is -2.14. The minimum Gasteiger partial charge on any atom is -0.497 e. The quantitative estimate of drug-likeness (QED) is 0.909. The Morgan fingerprint density at radius 1 is 1.15 bits per heavy atom. The smallest absolute Gasteiger partial charge is 0.124 e. The second-order valence-corrected chi connectivity index (χ2v) is 4.61. The van der Waals surface area contributed by atoms with E-state index in [1.54, 1.807) is 20.1 Å². The van der Waals surface area contributed by atoms with Crippen LogP contribution in [0, 0.1) is 5.82 Å². The molecule has 0 saturated heterocycles. The number of hydrogen-bond donors (Lipinski definition) is 1. The molecule has 1 atom stereocenters. The average molecular weight is 275 g/mol. The molecule has 0 fully saturated rings. The van der Waals surface area contributed by atoms with Gasteiger partial charge in [0.25, 0.3) is 0 Å². The first kappa shape index (κ1) is 14.3. The lowest BCUT2D eigenvalue weighted by atomic mass is 10.1. The van der Waals surface area contributed by atoms with Gasteiger partial charge in [0.15, 0.2) is 0 Å². The van der Waals surface area contributed by atoms with Crippen molar-refractivity contribution in [2.45, 2.75) is 19.6 Å². The van der Waals surface area contributed by atoms with Gasteiger partial charge in [0.05, 0.1) is 7.11 Å². The van der Waals surface area contributed by atoms with E-state index in [9.17, 15) is 4.39 Å². The van der Waals surface area contributed by atoms with Crippen molar-refractivity contribution in [3.63, 3.8) is 0 Å². The summed E-state index contributed by atoms with van der Waals surface area (Å²) in [6, 6.07) is 11.7. The number of nitrogens with two attached hydrogens (primary N) is 1. The normalized spacial score (nSPS) is 12.0. The molecule has 0 aliphatic heterocycles. The van der Waals surface area contributed by atoms with Crippen LogP contribution in [0.1, 0.15) is 24.1 Å².